The second-order valence-electron chi connectivity index (χ2n) is 17.1. The molecular weight excluding hydrogens is 765 g/mol. The maximum Gasteiger partial charge on any atom is 0.306 e. The molecule has 0 rings (SSSR count). The lowest BCUT2D eigenvalue weighted by molar-refractivity contribution is -0.163. The molecule has 0 saturated heterocycles. The van der Waals surface area contributed by atoms with Gasteiger partial charge in [-0.15, -0.1) is 0 Å². The highest BCUT2D eigenvalue weighted by Gasteiger charge is 2.17. The van der Waals surface area contributed by atoms with Crippen LogP contribution >= 0.6 is 0 Å². The van der Waals surface area contributed by atoms with E-state index >= 15 is 0 Å². The first-order valence-corrected chi connectivity index (χ1v) is 26.1. The van der Waals surface area contributed by atoms with Crippen LogP contribution in [-0.2, 0) is 23.8 Å². The number of unbranched alkanes of at least 4 members (excludes halogenated alkanes) is 22. The minimum Gasteiger partial charge on any atom is -0.462 e. The van der Waals surface area contributed by atoms with Crippen molar-refractivity contribution in [3.63, 3.8) is 0 Å². The van der Waals surface area contributed by atoms with E-state index in [2.05, 4.69) is 106 Å². The summed E-state index contributed by atoms with van der Waals surface area (Å²) in [6, 6.07) is 0. The maximum absolute atomic E-state index is 12.8. The van der Waals surface area contributed by atoms with Crippen molar-refractivity contribution < 1.29 is 23.8 Å². The molecule has 356 valence electrons. The summed E-state index contributed by atoms with van der Waals surface area (Å²) in [5, 5.41) is 0. The number of hydrogen-bond donors (Lipinski definition) is 0. The summed E-state index contributed by atoms with van der Waals surface area (Å²) in [6.07, 6.45) is 68.7. The van der Waals surface area contributed by atoms with Gasteiger partial charge in [-0.1, -0.05) is 202 Å². The molecule has 1 atom stereocenters. The first-order valence-electron chi connectivity index (χ1n) is 26.1. The van der Waals surface area contributed by atoms with Crippen molar-refractivity contribution in [2.45, 2.75) is 245 Å². The monoisotopic (exact) mass is 863 g/mol. The first kappa shape index (κ1) is 59.1. The Bertz CT molecular complexity index is 1160. The highest BCUT2D eigenvalue weighted by Crippen LogP contribution is 2.13. The van der Waals surface area contributed by atoms with Gasteiger partial charge in [0.25, 0.3) is 0 Å². The average Bonchev–Trinajstić information content (AvgIpc) is 3.27. The Morgan fingerprint density at radius 3 is 1.15 bits per heavy atom. The molecule has 0 amide bonds. The van der Waals surface area contributed by atoms with Crippen molar-refractivity contribution in [3.8, 4) is 0 Å². The molecule has 0 fully saturated rings. The number of carbonyl (C=O) groups excluding carboxylic acids is 2. The van der Waals surface area contributed by atoms with Crippen LogP contribution in [0.15, 0.2) is 85.1 Å². The van der Waals surface area contributed by atoms with E-state index < -0.39 is 6.10 Å². The number of rotatable bonds is 47. The summed E-state index contributed by atoms with van der Waals surface area (Å²) >= 11 is 0. The Morgan fingerprint density at radius 2 is 0.710 bits per heavy atom. The lowest BCUT2D eigenvalue weighted by Crippen LogP contribution is -2.30. The molecule has 0 aromatic heterocycles. The van der Waals surface area contributed by atoms with Crippen LogP contribution in [-0.4, -0.2) is 37.9 Å². The summed E-state index contributed by atoms with van der Waals surface area (Å²) in [5.74, 6) is -0.437. The van der Waals surface area contributed by atoms with Crippen molar-refractivity contribution in [1.82, 2.24) is 0 Å². The van der Waals surface area contributed by atoms with E-state index in [0.717, 1.165) is 103 Å². The molecule has 0 bridgehead atoms. The molecule has 5 heteroatoms. The molecule has 0 spiro atoms. The van der Waals surface area contributed by atoms with Gasteiger partial charge in [0.2, 0.25) is 0 Å². The van der Waals surface area contributed by atoms with E-state index in [1.165, 1.54) is 103 Å². The van der Waals surface area contributed by atoms with Crippen LogP contribution in [0.2, 0.25) is 0 Å². The normalized spacial score (nSPS) is 12.9. The second-order valence-corrected chi connectivity index (χ2v) is 17.1. The minimum atomic E-state index is -0.558. The van der Waals surface area contributed by atoms with Gasteiger partial charge in [0.1, 0.15) is 6.61 Å². The van der Waals surface area contributed by atoms with Crippen LogP contribution in [0.5, 0.6) is 0 Å². The third-order valence-corrected chi connectivity index (χ3v) is 10.8. The fourth-order valence-electron chi connectivity index (χ4n) is 6.94. The molecule has 0 aliphatic rings. The number of esters is 2. The Balaban J connectivity index is 4.30. The largest absolute Gasteiger partial charge is 0.462 e. The van der Waals surface area contributed by atoms with Crippen molar-refractivity contribution >= 4 is 11.9 Å². The van der Waals surface area contributed by atoms with Crippen LogP contribution < -0.4 is 0 Å². The Hall–Kier alpha value is -2.92. The molecule has 0 heterocycles. The van der Waals surface area contributed by atoms with Crippen molar-refractivity contribution in [3.05, 3.63) is 85.1 Å². The van der Waals surface area contributed by atoms with Crippen LogP contribution in [0, 0.1) is 0 Å². The third kappa shape index (κ3) is 49.7. The molecule has 0 N–H and O–H groups in total. The van der Waals surface area contributed by atoms with Crippen molar-refractivity contribution in [2.24, 2.45) is 0 Å². The molecule has 0 aliphatic heterocycles. The molecule has 0 radical (unpaired) electrons. The van der Waals surface area contributed by atoms with E-state index in [-0.39, 0.29) is 25.2 Å². The highest BCUT2D eigenvalue weighted by molar-refractivity contribution is 5.70. The number of ether oxygens (including phenoxy) is 3. The van der Waals surface area contributed by atoms with Crippen LogP contribution in [0.25, 0.3) is 0 Å². The van der Waals surface area contributed by atoms with Crippen LogP contribution in [0.1, 0.15) is 239 Å². The topological polar surface area (TPSA) is 61.8 Å². The van der Waals surface area contributed by atoms with E-state index in [1.807, 2.05) is 0 Å². The van der Waals surface area contributed by atoms with Crippen molar-refractivity contribution in [2.75, 3.05) is 19.8 Å². The van der Waals surface area contributed by atoms with Gasteiger partial charge < -0.3 is 14.2 Å². The van der Waals surface area contributed by atoms with Gasteiger partial charge in [-0.2, -0.15) is 0 Å². The summed E-state index contributed by atoms with van der Waals surface area (Å²) in [7, 11) is 0. The zero-order valence-corrected chi connectivity index (χ0v) is 40.9. The summed E-state index contributed by atoms with van der Waals surface area (Å²) in [4.78, 5) is 25.4. The van der Waals surface area contributed by atoms with Gasteiger partial charge in [-0.25, -0.2) is 0 Å². The SMILES string of the molecule is CCC/C=C\C/C=C\CCCCCCCC(=O)OCC(COCCCCCCCCC/C=C\C/C=C\C/C=C\CCCCC)OC(=O)CCCCCCC/C=C\C/C=C\CCC. The highest BCUT2D eigenvalue weighted by atomic mass is 16.6. The van der Waals surface area contributed by atoms with Gasteiger partial charge >= 0.3 is 11.9 Å². The predicted molar refractivity (Wildman–Crippen MR) is 270 cm³/mol. The number of hydrogen-bond acceptors (Lipinski definition) is 5. The van der Waals surface area contributed by atoms with Gasteiger partial charge in [-0.05, 0) is 109 Å². The van der Waals surface area contributed by atoms with Crippen molar-refractivity contribution in [1.29, 1.82) is 0 Å². The van der Waals surface area contributed by atoms with Crippen LogP contribution in [0.3, 0.4) is 0 Å². The fourth-order valence-corrected chi connectivity index (χ4v) is 6.94. The Kier molecular flexibility index (Phi) is 50.0. The Labute approximate surface area is 384 Å². The van der Waals surface area contributed by atoms with E-state index in [4.69, 9.17) is 14.2 Å². The Morgan fingerprint density at radius 1 is 0.355 bits per heavy atom. The molecule has 62 heavy (non-hydrogen) atoms. The van der Waals surface area contributed by atoms with Gasteiger partial charge in [0, 0.05) is 19.4 Å². The van der Waals surface area contributed by atoms with E-state index in [9.17, 15) is 9.59 Å². The van der Waals surface area contributed by atoms with Crippen LogP contribution in [0.4, 0.5) is 0 Å². The molecule has 1 unspecified atom stereocenters. The number of carbonyl (C=O) groups is 2. The van der Waals surface area contributed by atoms with Gasteiger partial charge in [0.05, 0.1) is 6.61 Å². The number of allylic oxidation sites excluding steroid dienone is 14. The third-order valence-electron chi connectivity index (χ3n) is 10.8. The first-order chi connectivity index (χ1) is 30.6. The van der Waals surface area contributed by atoms with E-state index in [0.29, 0.717) is 19.4 Å². The molecule has 5 nitrogen and oxygen atoms in total. The second kappa shape index (κ2) is 52.4. The molecule has 0 saturated carbocycles. The lowest BCUT2D eigenvalue weighted by atomic mass is 10.1. The molecule has 0 aromatic rings. The molecule has 0 aromatic carbocycles. The summed E-state index contributed by atoms with van der Waals surface area (Å²) in [6.45, 7) is 7.62. The smallest absolute Gasteiger partial charge is 0.306 e. The maximum atomic E-state index is 12.8. The fraction of sp³-hybridized carbons (Fsp3) is 0.719. The lowest BCUT2D eigenvalue weighted by Gasteiger charge is -2.18. The summed E-state index contributed by atoms with van der Waals surface area (Å²) in [5.41, 5.74) is 0. The van der Waals surface area contributed by atoms with Gasteiger partial charge in [-0.3, -0.25) is 9.59 Å². The average molecular weight is 863 g/mol. The molecule has 0 aliphatic carbocycles. The predicted octanol–water partition coefficient (Wildman–Crippen LogP) is 17.7. The zero-order chi connectivity index (χ0) is 44.9. The quantitative estimate of drug-likeness (QED) is 0.0346. The minimum absolute atomic E-state index is 0.0647. The van der Waals surface area contributed by atoms with E-state index in [1.54, 1.807) is 0 Å². The standard InChI is InChI=1S/C57H98O5/c1-4-7-10-13-16-19-22-25-26-27-28-29-30-31-34-37-40-43-46-49-52-60-53-55(62-57(59)51-48-45-42-39-36-33-24-21-18-15-12-9-6-3)54-61-56(58)50-47-44-41-38-35-32-23-20-17-14-11-8-5-2/h11-12,14-16,19-21,23-26,28-29,55H,4-10,13,17-18,22,27,30-54H2,1-3H3/b14-11-,15-12-,19-16-,23-20-,24-21-,26-25-,29-28-. The zero-order valence-electron chi connectivity index (χ0n) is 40.9. The summed E-state index contributed by atoms with van der Waals surface area (Å²) < 4.78 is 17.4. The molecular formula is C57H98O5. The van der Waals surface area contributed by atoms with Gasteiger partial charge in [0.15, 0.2) is 6.10 Å².